The van der Waals surface area contributed by atoms with Gasteiger partial charge in [-0.15, -0.1) is 0 Å². The summed E-state index contributed by atoms with van der Waals surface area (Å²) < 4.78 is 5.50. The van der Waals surface area contributed by atoms with Crippen molar-refractivity contribution in [3.05, 3.63) is 0 Å². The van der Waals surface area contributed by atoms with Crippen LogP contribution in [0.3, 0.4) is 0 Å². The second kappa shape index (κ2) is 12.4. The zero-order valence-corrected chi connectivity index (χ0v) is 24.5. The van der Waals surface area contributed by atoms with Gasteiger partial charge in [-0.3, -0.25) is 19.3 Å². The lowest BCUT2D eigenvalue weighted by Gasteiger charge is -2.39. The molecule has 0 aromatic rings. The van der Waals surface area contributed by atoms with E-state index in [4.69, 9.17) is 4.74 Å². The van der Waals surface area contributed by atoms with E-state index in [2.05, 4.69) is 22.5 Å². The van der Waals surface area contributed by atoms with Gasteiger partial charge in [0, 0.05) is 51.2 Å². The number of ether oxygens (including phenoxy) is 1. The van der Waals surface area contributed by atoms with Crippen molar-refractivity contribution >= 4 is 23.8 Å². The van der Waals surface area contributed by atoms with Crippen molar-refractivity contribution in [3.63, 3.8) is 0 Å². The minimum atomic E-state index is -0.544. The van der Waals surface area contributed by atoms with Crippen LogP contribution in [-0.2, 0) is 19.1 Å². The predicted molar refractivity (Wildman–Crippen MR) is 148 cm³/mol. The van der Waals surface area contributed by atoms with Gasteiger partial charge >= 0.3 is 6.09 Å². The highest BCUT2D eigenvalue weighted by molar-refractivity contribution is 5.91. The zero-order valence-electron chi connectivity index (χ0n) is 24.5. The van der Waals surface area contributed by atoms with Gasteiger partial charge in [0.05, 0.1) is 6.04 Å². The molecule has 39 heavy (non-hydrogen) atoms. The summed E-state index contributed by atoms with van der Waals surface area (Å²) in [6.45, 7) is 12.3. The van der Waals surface area contributed by atoms with Crippen LogP contribution in [0.15, 0.2) is 0 Å². The van der Waals surface area contributed by atoms with E-state index in [0.29, 0.717) is 44.7 Å². The van der Waals surface area contributed by atoms with Gasteiger partial charge in [0.1, 0.15) is 11.6 Å². The number of carbonyl (C=O) groups is 4. The summed E-state index contributed by atoms with van der Waals surface area (Å²) in [5.74, 6) is 0.385. The first-order valence-electron chi connectivity index (χ1n) is 15.1. The van der Waals surface area contributed by atoms with E-state index >= 15 is 0 Å². The molecule has 2 saturated heterocycles. The highest BCUT2D eigenvalue weighted by atomic mass is 16.6. The van der Waals surface area contributed by atoms with Gasteiger partial charge in [0.15, 0.2) is 0 Å². The fourth-order valence-corrected chi connectivity index (χ4v) is 6.48. The Labute approximate surface area is 233 Å². The van der Waals surface area contributed by atoms with E-state index in [1.54, 1.807) is 4.90 Å². The van der Waals surface area contributed by atoms with Crippen molar-refractivity contribution in [1.82, 2.24) is 25.3 Å². The van der Waals surface area contributed by atoms with Crippen LogP contribution in [0.25, 0.3) is 0 Å². The normalized spacial score (nSPS) is 27.1. The summed E-state index contributed by atoms with van der Waals surface area (Å²) in [5.41, 5.74) is -0.544. The number of hydrogen-bond acceptors (Lipinski definition) is 6. The SMILES string of the molecule is CCCC(CC(=O)NC1CC1)NC(=O)C1C2CCCC2CN1C(=O)C(C)N1CCN(C(=O)OC(C)(C)C)CC1. The Morgan fingerprint density at radius 3 is 2.31 bits per heavy atom. The number of rotatable bonds is 9. The Morgan fingerprint density at radius 2 is 1.69 bits per heavy atom. The average molecular weight is 548 g/mol. The molecule has 0 aromatic heterocycles. The monoisotopic (exact) mass is 547 g/mol. The van der Waals surface area contributed by atoms with Crippen molar-refractivity contribution in [2.45, 2.75) is 116 Å². The molecule has 10 nitrogen and oxygen atoms in total. The zero-order chi connectivity index (χ0) is 28.3. The first-order valence-corrected chi connectivity index (χ1v) is 15.1. The molecule has 2 saturated carbocycles. The third-order valence-electron chi connectivity index (χ3n) is 8.67. The van der Waals surface area contributed by atoms with Crippen molar-refractivity contribution < 1.29 is 23.9 Å². The Kier molecular flexibility index (Phi) is 9.45. The Bertz CT molecular complexity index is 908. The molecule has 2 aliphatic heterocycles. The smallest absolute Gasteiger partial charge is 0.410 e. The largest absolute Gasteiger partial charge is 0.444 e. The lowest BCUT2D eigenvalue weighted by molar-refractivity contribution is -0.144. The molecular formula is C29H49N5O5. The molecule has 4 amide bonds. The molecule has 220 valence electrons. The van der Waals surface area contributed by atoms with Gasteiger partial charge < -0.3 is 25.2 Å². The fraction of sp³-hybridized carbons (Fsp3) is 0.862. The van der Waals surface area contributed by atoms with Gasteiger partial charge in [0.25, 0.3) is 0 Å². The third-order valence-corrected chi connectivity index (χ3v) is 8.67. The molecule has 2 heterocycles. The summed E-state index contributed by atoms with van der Waals surface area (Å²) >= 11 is 0. The van der Waals surface area contributed by atoms with E-state index in [0.717, 1.165) is 44.9 Å². The van der Waals surface area contributed by atoms with Gasteiger partial charge in [-0.25, -0.2) is 4.79 Å². The van der Waals surface area contributed by atoms with Crippen molar-refractivity contribution in [2.24, 2.45) is 11.8 Å². The van der Waals surface area contributed by atoms with Gasteiger partial charge in [0.2, 0.25) is 17.7 Å². The maximum absolute atomic E-state index is 13.8. The van der Waals surface area contributed by atoms with Crippen LogP contribution in [0, 0.1) is 11.8 Å². The quantitative estimate of drug-likeness (QED) is 0.459. The second-order valence-corrected chi connectivity index (χ2v) is 13.0. The minimum Gasteiger partial charge on any atom is -0.444 e. The number of nitrogens with one attached hydrogen (secondary N) is 2. The molecule has 4 fully saturated rings. The second-order valence-electron chi connectivity index (χ2n) is 13.0. The molecule has 2 aliphatic carbocycles. The Morgan fingerprint density at radius 1 is 1.00 bits per heavy atom. The van der Waals surface area contributed by atoms with E-state index in [1.807, 2.05) is 32.6 Å². The van der Waals surface area contributed by atoms with Crippen LogP contribution in [0.4, 0.5) is 4.79 Å². The number of fused-ring (bicyclic) bond motifs is 1. The van der Waals surface area contributed by atoms with Crippen molar-refractivity contribution in [2.75, 3.05) is 32.7 Å². The van der Waals surface area contributed by atoms with Gasteiger partial charge in [-0.1, -0.05) is 19.8 Å². The molecule has 0 bridgehead atoms. The number of likely N-dealkylation sites (tertiary alicyclic amines) is 1. The van der Waals surface area contributed by atoms with Crippen LogP contribution >= 0.6 is 0 Å². The maximum atomic E-state index is 13.8. The lowest BCUT2D eigenvalue weighted by Crippen LogP contribution is -2.58. The molecule has 4 aliphatic rings. The maximum Gasteiger partial charge on any atom is 0.410 e. The average Bonchev–Trinajstić information content (AvgIpc) is 3.42. The Hall–Kier alpha value is -2.36. The number of hydrogen-bond donors (Lipinski definition) is 2. The number of piperazine rings is 1. The summed E-state index contributed by atoms with van der Waals surface area (Å²) in [7, 11) is 0. The molecule has 0 aromatic carbocycles. The molecular weight excluding hydrogens is 498 g/mol. The van der Waals surface area contributed by atoms with Crippen molar-refractivity contribution in [1.29, 1.82) is 0 Å². The summed E-state index contributed by atoms with van der Waals surface area (Å²) in [6, 6.07) is -0.792. The number of nitrogens with zero attached hydrogens (tertiary/aromatic N) is 3. The van der Waals surface area contributed by atoms with E-state index < -0.39 is 11.6 Å². The standard InChI is InChI=1S/C29H49N5O5/c1-6-8-22(17-24(35)30-21-11-12-21)31-26(36)25-23-10-7-9-20(23)18-34(25)27(37)19(2)32-13-15-33(16-14-32)28(38)39-29(3,4)5/h19-23,25H,6-18H2,1-5H3,(H,30,35)(H,31,36). The van der Waals surface area contributed by atoms with E-state index in [1.165, 1.54) is 0 Å². The highest BCUT2D eigenvalue weighted by Crippen LogP contribution is 2.42. The number of carbonyl (C=O) groups excluding carboxylic acids is 4. The van der Waals surface area contributed by atoms with Crippen LogP contribution < -0.4 is 10.6 Å². The minimum absolute atomic E-state index is 0.00602. The first-order chi connectivity index (χ1) is 18.5. The summed E-state index contributed by atoms with van der Waals surface area (Å²) in [4.78, 5) is 58.1. The van der Waals surface area contributed by atoms with Crippen LogP contribution in [0.1, 0.15) is 86.0 Å². The molecule has 0 spiro atoms. The summed E-state index contributed by atoms with van der Waals surface area (Å²) in [6.07, 6.45) is 6.72. The first kappa shape index (κ1) is 29.6. The van der Waals surface area contributed by atoms with Gasteiger partial charge in [-0.2, -0.15) is 0 Å². The predicted octanol–water partition coefficient (Wildman–Crippen LogP) is 2.51. The number of amides is 4. The van der Waals surface area contributed by atoms with E-state index in [-0.39, 0.29) is 48.2 Å². The molecule has 5 unspecified atom stereocenters. The summed E-state index contributed by atoms with van der Waals surface area (Å²) in [5, 5.41) is 6.20. The molecule has 2 N–H and O–H groups in total. The van der Waals surface area contributed by atoms with Crippen LogP contribution in [0.5, 0.6) is 0 Å². The topological polar surface area (TPSA) is 111 Å². The van der Waals surface area contributed by atoms with Gasteiger partial charge in [-0.05, 0) is 71.6 Å². The van der Waals surface area contributed by atoms with E-state index in [9.17, 15) is 19.2 Å². The van der Waals surface area contributed by atoms with Crippen LogP contribution in [0.2, 0.25) is 0 Å². The molecule has 4 rings (SSSR count). The van der Waals surface area contributed by atoms with Crippen molar-refractivity contribution in [3.8, 4) is 0 Å². The molecule has 0 radical (unpaired) electrons. The lowest BCUT2D eigenvalue weighted by atomic mass is 9.93. The Balaban J connectivity index is 1.37. The van der Waals surface area contributed by atoms with Crippen LogP contribution in [-0.4, -0.2) is 101 Å². The molecule has 5 atom stereocenters. The third kappa shape index (κ3) is 7.64. The fourth-order valence-electron chi connectivity index (χ4n) is 6.48. The highest BCUT2D eigenvalue weighted by Gasteiger charge is 2.50. The molecule has 10 heteroatoms.